The van der Waals surface area contributed by atoms with E-state index in [4.69, 9.17) is 4.74 Å². The fourth-order valence-corrected chi connectivity index (χ4v) is 3.04. The Bertz CT molecular complexity index is 366. The Morgan fingerprint density at radius 1 is 1.30 bits per heavy atom. The molecule has 0 radical (unpaired) electrons. The summed E-state index contributed by atoms with van der Waals surface area (Å²) < 4.78 is 5.42. The molecule has 4 unspecified atom stereocenters. The summed E-state index contributed by atoms with van der Waals surface area (Å²) in [6.07, 6.45) is 2.75. The van der Waals surface area contributed by atoms with Crippen LogP contribution in [0, 0.1) is 11.8 Å². The SMILES string of the molecule is CC(O)CN(CCNC1CCC(C)C(C)C1)C(=O)OC(C)(C)C. The second kappa shape index (κ2) is 8.88. The average molecular weight is 328 g/mol. The molecule has 5 heteroatoms. The standard InChI is InChI=1S/C18H36N2O3/c1-13-7-8-16(11-14(13)2)19-9-10-20(12-15(3)21)17(22)23-18(4,5)6/h13-16,19,21H,7-12H2,1-6H3. The Morgan fingerprint density at radius 2 is 1.96 bits per heavy atom. The first-order valence-electron chi connectivity index (χ1n) is 8.98. The van der Waals surface area contributed by atoms with Crippen LogP contribution < -0.4 is 5.32 Å². The van der Waals surface area contributed by atoms with Gasteiger partial charge in [-0.25, -0.2) is 4.79 Å². The normalized spacial score (nSPS) is 26.7. The van der Waals surface area contributed by atoms with Gasteiger partial charge in [0, 0.05) is 25.7 Å². The van der Waals surface area contributed by atoms with E-state index in [0.717, 1.165) is 18.4 Å². The minimum atomic E-state index is -0.557. The zero-order chi connectivity index (χ0) is 17.6. The number of hydrogen-bond donors (Lipinski definition) is 2. The summed E-state index contributed by atoms with van der Waals surface area (Å²) in [6.45, 7) is 13.5. The van der Waals surface area contributed by atoms with Crippen LogP contribution >= 0.6 is 0 Å². The number of carbonyl (C=O) groups excluding carboxylic acids is 1. The Balaban J connectivity index is 2.43. The van der Waals surface area contributed by atoms with Gasteiger partial charge in [0.25, 0.3) is 0 Å². The first-order valence-corrected chi connectivity index (χ1v) is 8.98. The predicted molar refractivity (Wildman–Crippen MR) is 93.5 cm³/mol. The Labute approximate surface area is 141 Å². The summed E-state index contributed by atoms with van der Waals surface area (Å²) in [5.74, 6) is 1.56. The van der Waals surface area contributed by atoms with Crippen LogP contribution in [0.3, 0.4) is 0 Å². The predicted octanol–water partition coefficient (Wildman–Crippen LogP) is 3.02. The van der Waals surface area contributed by atoms with Crippen LogP contribution in [-0.4, -0.2) is 53.5 Å². The molecule has 1 fully saturated rings. The largest absolute Gasteiger partial charge is 0.444 e. The molecule has 5 nitrogen and oxygen atoms in total. The van der Waals surface area contributed by atoms with E-state index < -0.39 is 11.7 Å². The topological polar surface area (TPSA) is 61.8 Å². The molecule has 0 bridgehead atoms. The van der Waals surface area contributed by atoms with E-state index in [9.17, 15) is 9.90 Å². The van der Waals surface area contributed by atoms with Crippen LogP contribution in [-0.2, 0) is 4.74 Å². The molecule has 1 aliphatic carbocycles. The maximum Gasteiger partial charge on any atom is 0.410 e. The molecule has 0 heterocycles. The van der Waals surface area contributed by atoms with Crippen molar-refractivity contribution in [2.45, 2.75) is 78.6 Å². The average Bonchev–Trinajstić information content (AvgIpc) is 2.39. The number of aliphatic hydroxyl groups excluding tert-OH is 1. The van der Waals surface area contributed by atoms with Crippen LogP contribution in [0.4, 0.5) is 4.79 Å². The minimum absolute atomic E-state index is 0.300. The third-order valence-corrected chi connectivity index (χ3v) is 4.55. The van der Waals surface area contributed by atoms with E-state index in [0.29, 0.717) is 19.1 Å². The summed E-state index contributed by atoms with van der Waals surface area (Å²) in [5, 5.41) is 13.2. The van der Waals surface area contributed by atoms with Crippen LogP contribution in [0.25, 0.3) is 0 Å². The lowest BCUT2D eigenvalue weighted by Gasteiger charge is -2.33. The quantitative estimate of drug-likeness (QED) is 0.787. The van der Waals surface area contributed by atoms with E-state index in [1.54, 1.807) is 11.8 Å². The third kappa shape index (κ3) is 8.02. The number of hydrogen-bond acceptors (Lipinski definition) is 4. The third-order valence-electron chi connectivity index (χ3n) is 4.55. The van der Waals surface area contributed by atoms with Gasteiger partial charge in [-0.2, -0.15) is 0 Å². The van der Waals surface area contributed by atoms with Crippen molar-refractivity contribution in [3.8, 4) is 0 Å². The molecule has 1 amide bonds. The van der Waals surface area contributed by atoms with E-state index in [-0.39, 0.29) is 6.09 Å². The van der Waals surface area contributed by atoms with Crippen molar-refractivity contribution in [3.63, 3.8) is 0 Å². The molecular formula is C18H36N2O3. The van der Waals surface area contributed by atoms with Crippen molar-refractivity contribution in [2.75, 3.05) is 19.6 Å². The fourth-order valence-electron chi connectivity index (χ4n) is 3.04. The highest BCUT2D eigenvalue weighted by Gasteiger charge is 2.25. The van der Waals surface area contributed by atoms with E-state index in [1.807, 2.05) is 20.8 Å². The monoisotopic (exact) mass is 328 g/mol. The van der Waals surface area contributed by atoms with Gasteiger partial charge < -0.3 is 20.1 Å². The number of amides is 1. The van der Waals surface area contributed by atoms with Gasteiger partial charge in [-0.1, -0.05) is 13.8 Å². The Kier molecular flexibility index (Phi) is 7.81. The van der Waals surface area contributed by atoms with Gasteiger partial charge >= 0.3 is 6.09 Å². The highest BCUT2D eigenvalue weighted by molar-refractivity contribution is 5.68. The Morgan fingerprint density at radius 3 is 2.48 bits per heavy atom. The number of aliphatic hydroxyl groups is 1. The molecule has 0 spiro atoms. The smallest absolute Gasteiger partial charge is 0.410 e. The minimum Gasteiger partial charge on any atom is -0.444 e. The van der Waals surface area contributed by atoms with Gasteiger partial charge in [-0.3, -0.25) is 0 Å². The van der Waals surface area contributed by atoms with Crippen LogP contribution in [0.15, 0.2) is 0 Å². The molecule has 23 heavy (non-hydrogen) atoms. The second-order valence-corrected chi connectivity index (χ2v) is 8.19. The lowest BCUT2D eigenvalue weighted by Crippen LogP contribution is -2.45. The molecule has 1 rings (SSSR count). The number of nitrogens with one attached hydrogen (secondary N) is 1. The second-order valence-electron chi connectivity index (χ2n) is 8.19. The summed E-state index contributed by atoms with van der Waals surface area (Å²) in [6, 6.07) is 0.535. The summed E-state index contributed by atoms with van der Waals surface area (Å²) in [4.78, 5) is 13.8. The molecule has 0 aliphatic heterocycles. The van der Waals surface area contributed by atoms with Crippen molar-refractivity contribution >= 4 is 6.09 Å². The van der Waals surface area contributed by atoms with Gasteiger partial charge in [0.05, 0.1) is 6.10 Å². The van der Waals surface area contributed by atoms with Crippen molar-refractivity contribution in [2.24, 2.45) is 11.8 Å². The van der Waals surface area contributed by atoms with Gasteiger partial charge in [-0.05, 0) is 58.8 Å². The first kappa shape index (κ1) is 20.2. The van der Waals surface area contributed by atoms with E-state index in [2.05, 4.69) is 19.2 Å². The number of carbonyl (C=O) groups is 1. The molecule has 136 valence electrons. The van der Waals surface area contributed by atoms with Crippen molar-refractivity contribution in [1.82, 2.24) is 10.2 Å². The molecule has 0 aromatic heterocycles. The molecule has 0 saturated heterocycles. The van der Waals surface area contributed by atoms with Crippen molar-refractivity contribution in [1.29, 1.82) is 0 Å². The molecule has 4 atom stereocenters. The van der Waals surface area contributed by atoms with Crippen molar-refractivity contribution in [3.05, 3.63) is 0 Å². The number of ether oxygens (including phenoxy) is 1. The summed E-state index contributed by atoms with van der Waals surface area (Å²) in [5.41, 5.74) is -0.517. The van der Waals surface area contributed by atoms with Crippen molar-refractivity contribution < 1.29 is 14.6 Å². The van der Waals surface area contributed by atoms with Crippen LogP contribution in [0.1, 0.15) is 60.8 Å². The van der Waals surface area contributed by atoms with Crippen LogP contribution in [0.2, 0.25) is 0 Å². The van der Waals surface area contributed by atoms with E-state index >= 15 is 0 Å². The van der Waals surface area contributed by atoms with Gasteiger partial charge in [-0.15, -0.1) is 0 Å². The summed E-state index contributed by atoms with van der Waals surface area (Å²) in [7, 11) is 0. The van der Waals surface area contributed by atoms with Gasteiger partial charge in [0.2, 0.25) is 0 Å². The molecular weight excluding hydrogens is 292 g/mol. The fraction of sp³-hybridized carbons (Fsp3) is 0.944. The Hall–Kier alpha value is -0.810. The highest BCUT2D eigenvalue weighted by atomic mass is 16.6. The van der Waals surface area contributed by atoms with E-state index in [1.165, 1.54) is 19.3 Å². The first-order chi connectivity index (χ1) is 10.6. The molecule has 1 saturated carbocycles. The lowest BCUT2D eigenvalue weighted by atomic mass is 9.79. The summed E-state index contributed by atoms with van der Waals surface area (Å²) >= 11 is 0. The molecule has 1 aliphatic rings. The molecule has 0 aromatic rings. The lowest BCUT2D eigenvalue weighted by molar-refractivity contribution is 0.0161. The van der Waals surface area contributed by atoms with Crippen LogP contribution in [0.5, 0.6) is 0 Å². The zero-order valence-corrected chi connectivity index (χ0v) is 15.8. The highest BCUT2D eigenvalue weighted by Crippen LogP contribution is 2.29. The molecule has 2 N–H and O–H groups in total. The molecule has 0 aromatic carbocycles. The number of nitrogens with zero attached hydrogens (tertiary/aromatic N) is 1. The maximum absolute atomic E-state index is 12.2. The van der Waals surface area contributed by atoms with Gasteiger partial charge in [0.15, 0.2) is 0 Å². The number of rotatable bonds is 6. The van der Waals surface area contributed by atoms with Gasteiger partial charge in [0.1, 0.15) is 5.60 Å². The maximum atomic E-state index is 12.2. The zero-order valence-electron chi connectivity index (χ0n) is 15.8.